The summed E-state index contributed by atoms with van der Waals surface area (Å²) in [6, 6.07) is 6.35. The summed E-state index contributed by atoms with van der Waals surface area (Å²) in [7, 11) is 0. The van der Waals surface area contributed by atoms with Crippen molar-refractivity contribution in [3.63, 3.8) is 0 Å². The highest BCUT2D eigenvalue weighted by molar-refractivity contribution is 5.85. The van der Waals surface area contributed by atoms with Gasteiger partial charge in [-0.1, -0.05) is 36.3 Å². The summed E-state index contributed by atoms with van der Waals surface area (Å²) in [5.74, 6) is 0.713. The molecule has 3 aliphatic rings. The average Bonchev–Trinajstić information content (AvgIpc) is 2.94. The van der Waals surface area contributed by atoms with E-state index in [1.807, 2.05) is 0 Å². The number of carbonyl (C=O) groups excluding carboxylic acids is 1. The lowest BCUT2D eigenvalue weighted by Gasteiger charge is -2.31. The number of hydrogen-bond donors (Lipinski definition) is 0. The lowest BCUT2D eigenvalue weighted by molar-refractivity contribution is -0.138. The molecule has 0 radical (unpaired) electrons. The van der Waals surface area contributed by atoms with Crippen LogP contribution in [0, 0.1) is 6.92 Å². The zero-order chi connectivity index (χ0) is 18.9. The van der Waals surface area contributed by atoms with Gasteiger partial charge in [0, 0.05) is 24.6 Å². The second kappa shape index (κ2) is 8.71. The molecule has 1 aromatic rings. The van der Waals surface area contributed by atoms with Crippen molar-refractivity contribution in [1.82, 2.24) is 4.90 Å². The number of likely N-dealkylation sites (tertiary alicyclic amines) is 1. The molecule has 5 heteroatoms. The molecule has 0 aromatic heterocycles. The van der Waals surface area contributed by atoms with Gasteiger partial charge in [-0.25, -0.2) is 4.79 Å². The number of halogens is 1. The van der Waals surface area contributed by atoms with Gasteiger partial charge in [-0.3, -0.25) is 4.90 Å². The fourth-order valence-corrected chi connectivity index (χ4v) is 4.39. The van der Waals surface area contributed by atoms with Gasteiger partial charge in [0.15, 0.2) is 0 Å². The van der Waals surface area contributed by atoms with Gasteiger partial charge in [0.2, 0.25) is 0 Å². The molecular formula is C23H30ClNO3. The van der Waals surface area contributed by atoms with Gasteiger partial charge in [0.05, 0.1) is 5.41 Å². The van der Waals surface area contributed by atoms with Gasteiger partial charge >= 0.3 is 5.97 Å². The Bertz CT molecular complexity index is 782. The molecule has 2 aliphatic heterocycles. The first-order chi connectivity index (χ1) is 13.0. The highest BCUT2D eigenvalue weighted by Crippen LogP contribution is 2.48. The minimum Gasteiger partial charge on any atom is -0.489 e. The number of nitrogens with zero attached hydrogens (tertiary/aromatic N) is 1. The first kappa shape index (κ1) is 20.9. The molecule has 1 saturated heterocycles. The van der Waals surface area contributed by atoms with Gasteiger partial charge in [0.1, 0.15) is 18.5 Å². The molecule has 0 N–H and O–H groups in total. The Labute approximate surface area is 174 Å². The lowest BCUT2D eigenvalue weighted by atomic mass is 9.73. The van der Waals surface area contributed by atoms with Crippen LogP contribution in [-0.2, 0) is 14.9 Å². The molecule has 2 unspecified atom stereocenters. The van der Waals surface area contributed by atoms with Crippen LogP contribution in [0.15, 0.2) is 42.0 Å². The summed E-state index contributed by atoms with van der Waals surface area (Å²) in [5, 5.41) is 0. The molecule has 0 saturated carbocycles. The van der Waals surface area contributed by atoms with Gasteiger partial charge in [-0.2, -0.15) is 0 Å². The number of fused-ring (bicyclic) bond motifs is 3. The second-order valence-electron chi connectivity index (χ2n) is 8.22. The Morgan fingerprint density at radius 1 is 1.32 bits per heavy atom. The number of esters is 1. The van der Waals surface area contributed by atoms with Crippen LogP contribution in [0.3, 0.4) is 0 Å². The van der Waals surface area contributed by atoms with E-state index in [9.17, 15) is 4.79 Å². The fourth-order valence-electron chi connectivity index (χ4n) is 4.39. The SMILES string of the molecule is Cc1ccc2c(c1)C1(C)C=C/C(=C/C(=O)OCCN3CCCCC3)CC1O2.Cl. The number of carbonyl (C=O) groups is 1. The minimum atomic E-state index is -0.249. The standard InChI is InChI=1S/C23H29NO3.ClH/c1-17-6-7-20-19(14-17)23(2)9-8-18(15-21(23)27-20)16-22(25)26-13-12-24-10-4-3-5-11-24;/h6-9,14,16,21H,3-5,10-13,15H2,1-2H3;1H/b18-16-;. The summed E-state index contributed by atoms with van der Waals surface area (Å²) in [6.45, 7) is 7.87. The quantitative estimate of drug-likeness (QED) is 0.553. The maximum Gasteiger partial charge on any atom is 0.331 e. The maximum absolute atomic E-state index is 12.2. The zero-order valence-electron chi connectivity index (χ0n) is 16.8. The van der Waals surface area contributed by atoms with Crippen molar-refractivity contribution >= 4 is 18.4 Å². The van der Waals surface area contributed by atoms with E-state index in [-0.39, 0.29) is 29.9 Å². The molecule has 28 heavy (non-hydrogen) atoms. The molecule has 152 valence electrons. The van der Waals surface area contributed by atoms with Gasteiger partial charge in [-0.15, -0.1) is 12.4 Å². The number of aryl methyl sites for hydroxylation is 1. The lowest BCUT2D eigenvalue weighted by Crippen LogP contribution is -2.36. The molecule has 0 spiro atoms. The Balaban J connectivity index is 0.00000225. The zero-order valence-corrected chi connectivity index (χ0v) is 17.6. The smallest absolute Gasteiger partial charge is 0.331 e. The van der Waals surface area contributed by atoms with Crippen LogP contribution in [0.1, 0.15) is 43.7 Å². The van der Waals surface area contributed by atoms with Crippen LogP contribution in [0.5, 0.6) is 5.75 Å². The number of rotatable bonds is 4. The largest absolute Gasteiger partial charge is 0.489 e. The molecule has 2 heterocycles. The van der Waals surface area contributed by atoms with E-state index in [4.69, 9.17) is 9.47 Å². The van der Waals surface area contributed by atoms with Crippen molar-refractivity contribution in [2.75, 3.05) is 26.2 Å². The van der Waals surface area contributed by atoms with Crippen molar-refractivity contribution in [3.05, 3.63) is 53.1 Å². The Hall–Kier alpha value is -1.78. The summed E-state index contributed by atoms with van der Waals surface area (Å²) in [4.78, 5) is 14.6. The van der Waals surface area contributed by atoms with Crippen molar-refractivity contribution in [2.24, 2.45) is 0 Å². The third-order valence-electron chi connectivity index (χ3n) is 6.12. The topological polar surface area (TPSA) is 38.8 Å². The highest BCUT2D eigenvalue weighted by atomic mass is 35.5. The number of hydrogen-bond acceptors (Lipinski definition) is 4. The average molecular weight is 404 g/mol. The van der Waals surface area contributed by atoms with E-state index in [0.717, 1.165) is 37.4 Å². The predicted octanol–water partition coefficient (Wildman–Crippen LogP) is 4.35. The van der Waals surface area contributed by atoms with Crippen LogP contribution in [-0.4, -0.2) is 43.2 Å². The first-order valence-electron chi connectivity index (χ1n) is 10.1. The maximum atomic E-state index is 12.2. The van der Waals surface area contributed by atoms with Crippen LogP contribution >= 0.6 is 12.4 Å². The number of allylic oxidation sites excluding steroid dienone is 1. The number of piperidine rings is 1. The van der Waals surface area contributed by atoms with E-state index >= 15 is 0 Å². The summed E-state index contributed by atoms with van der Waals surface area (Å²) < 4.78 is 11.6. The Kier molecular flexibility index (Phi) is 6.51. The van der Waals surface area contributed by atoms with Crippen LogP contribution < -0.4 is 4.74 Å². The van der Waals surface area contributed by atoms with Crippen LogP contribution in [0.4, 0.5) is 0 Å². The van der Waals surface area contributed by atoms with Gasteiger partial charge < -0.3 is 9.47 Å². The van der Waals surface area contributed by atoms with E-state index < -0.39 is 0 Å². The van der Waals surface area contributed by atoms with Gasteiger partial charge in [0.25, 0.3) is 0 Å². The molecule has 1 aromatic carbocycles. The summed E-state index contributed by atoms with van der Waals surface area (Å²) in [5.41, 5.74) is 3.33. The van der Waals surface area contributed by atoms with Crippen LogP contribution in [0.25, 0.3) is 0 Å². The number of ether oxygens (including phenoxy) is 2. The van der Waals surface area contributed by atoms with Gasteiger partial charge in [-0.05, 0) is 51.4 Å². The molecular weight excluding hydrogens is 374 g/mol. The van der Waals surface area contributed by atoms with E-state index in [1.54, 1.807) is 6.08 Å². The van der Waals surface area contributed by atoms with Crippen molar-refractivity contribution < 1.29 is 14.3 Å². The van der Waals surface area contributed by atoms with Crippen molar-refractivity contribution in [2.45, 2.75) is 51.0 Å². The summed E-state index contributed by atoms with van der Waals surface area (Å²) >= 11 is 0. The molecule has 1 fully saturated rings. The first-order valence-corrected chi connectivity index (χ1v) is 10.1. The normalized spacial score (nSPS) is 27.5. The van der Waals surface area contributed by atoms with E-state index in [0.29, 0.717) is 6.61 Å². The van der Waals surface area contributed by atoms with E-state index in [2.05, 4.69) is 49.1 Å². The number of benzene rings is 1. The predicted molar refractivity (Wildman–Crippen MR) is 113 cm³/mol. The third-order valence-corrected chi connectivity index (χ3v) is 6.12. The molecule has 0 bridgehead atoms. The summed E-state index contributed by atoms with van der Waals surface area (Å²) in [6.07, 6.45) is 10.5. The van der Waals surface area contributed by atoms with Crippen molar-refractivity contribution in [3.8, 4) is 5.75 Å². The van der Waals surface area contributed by atoms with Crippen molar-refractivity contribution in [1.29, 1.82) is 0 Å². The molecule has 2 atom stereocenters. The van der Waals surface area contributed by atoms with Crippen LogP contribution in [0.2, 0.25) is 0 Å². The minimum absolute atomic E-state index is 0. The monoisotopic (exact) mass is 403 g/mol. The third kappa shape index (κ3) is 4.28. The van der Waals surface area contributed by atoms with E-state index in [1.165, 1.54) is 30.4 Å². The highest BCUT2D eigenvalue weighted by Gasteiger charge is 2.45. The Morgan fingerprint density at radius 2 is 2.11 bits per heavy atom. The molecule has 4 nitrogen and oxygen atoms in total. The second-order valence-corrected chi connectivity index (χ2v) is 8.22. The molecule has 4 rings (SSSR count). The molecule has 0 amide bonds. The Morgan fingerprint density at radius 3 is 2.89 bits per heavy atom. The fraction of sp³-hybridized carbons (Fsp3) is 0.522. The molecule has 1 aliphatic carbocycles.